The first-order valence-electron chi connectivity index (χ1n) is 12.6. The van der Waals surface area contributed by atoms with Crippen LogP contribution >= 0.6 is 0 Å². The average Bonchev–Trinajstić information content (AvgIpc) is 2.90. The number of anilines is 1. The number of hydrogen-bond donors (Lipinski definition) is 1. The van der Waals surface area contributed by atoms with Crippen molar-refractivity contribution in [2.24, 2.45) is 0 Å². The van der Waals surface area contributed by atoms with Gasteiger partial charge in [-0.05, 0) is 66.4 Å². The molecule has 0 spiro atoms. The van der Waals surface area contributed by atoms with E-state index in [1.165, 1.54) is 6.08 Å². The Kier molecular flexibility index (Phi) is 6.79. The molecule has 0 atom stereocenters. The topological polar surface area (TPSA) is 75.7 Å². The van der Waals surface area contributed by atoms with Crippen molar-refractivity contribution >= 4 is 40.4 Å². The highest BCUT2D eigenvalue weighted by atomic mass is 16.5. The highest BCUT2D eigenvalue weighted by molar-refractivity contribution is 6.39. The van der Waals surface area contributed by atoms with E-state index in [1.807, 2.05) is 69.3 Å². The van der Waals surface area contributed by atoms with Crippen molar-refractivity contribution in [2.75, 3.05) is 4.90 Å². The lowest BCUT2D eigenvalue weighted by molar-refractivity contribution is -0.122. The summed E-state index contributed by atoms with van der Waals surface area (Å²) in [6, 6.07) is 24.1. The summed E-state index contributed by atoms with van der Waals surface area (Å²) in [5.74, 6) is -0.891. The van der Waals surface area contributed by atoms with Crippen LogP contribution < -0.4 is 15.0 Å². The van der Waals surface area contributed by atoms with Crippen molar-refractivity contribution in [3.8, 4) is 5.75 Å². The molecule has 0 radical (unpaired) electrons. The average molecular weight is 505 g/mol. The molecule has 1 aliphatic heterocycles. The van der Waals surface area contributed by atoms with Gasteiger partial charge in [-0.25, -0.2) is 9.69 Å². The maximum absolute atomic E-state index is 13.5. The molecular formula is C32H28N2O4. The fourth-order valence-corrected chi connectivity index (χ4v) is 4.78. The third-order valence-electron chi connectivity index (χ3n) is 6.60. The number of urea groups is 1. The summed E-state index contributed by atoms with van der Waals surface area (Å²) in [6.07, 6.45) is 2.35. The molecule has 0 saturated carbocycles. The van der Waals surface area contributed by atoms with Crippen LogP contribution in [0.1, 0.15) is 34.7 Å². The number of barbiturate groups is 1. The van der Waals surface area contributed by atoms with E-state index in [0.717, 1.165) is 44.3 Å². The van der Waals surface area contributed by atoms with E-state index in [2.05, 4.69) is 23.5 Å². The number of carbonyl (C=O) groups excluding carboxylic acids is 3. The Bertz CT molecular complexity index is 1580. The SMILES string of the molecule is CCc1ccc(N2C(=O)NC(=O)/C(=C\c3c(OCc4cc(C)cc(C)c4)ccc4ccccc34)C2=O)cc1. The van der Waals surface area contributed by atoms with Crippen LogP contribution in [0.2, 0.25) is 0 Å². The maximum Gasteiger partial charge on any atom is 0.335 e. The predicted octanol–water partition coefficient (Wildman–Crippen LogP) is 6.26. The largest absolute Gasteiger partial charge is 0.488 e. The van der Waals surface area contributed by atoms with Gasteiger partial charge >= 0.3 is 6.03 Å². The quantitative estimate of drug-likeness (QED) is 0.248. The number of hydrogen-bond acceptors (Lipinski definition) is 4. The first-order chi connectivity index (χ1) is 18.3. The fraction of sp³-hybridized carbons (Fsp3) is 0.156. The molecule has 0 aliphatic carbocycles. The van der Waals surface area contributed by atoms with Crippen molar-refractivity contribution < 1.29 is 19.1 Å². The molecule has 0 aromatic heterocycles. The molecule has 1 saturated heterocycles. The maximum atomic E-state index is 13.5. The molecule has 4 aromatic rings. The second kappa shape index (κ2) is 10.3. The number of ether oxygens (including phenoxy) is 1. The Labute approximate surface area is 221 Å². The molecule has 1 heterocycles. The molecule has 1 aliphatic rings. The van der Waals surface area contributed by atoms with E-state index >= 15 is 0 Å². The summed E-state index contributed by atoms with van der Waals surface area (Å²) in [4.78, 5) is 40.1. The zero-order valence-electron chi connectivity index (χ0n) is 21.6. The van der Waals surface area contributed by atoms with Crippen molar-refractivity contribution in [3.05, 3.63) is 112 Å². The van der Waals surface area contributed by atoms with Crippen molar-refractivity contribution in [3.63, 3.8) is 0 Å². The van der Waals surface area contributed by atoms with Crippen molar-refractivity contribution in [2.45, 2.75) is 33.8 Å². The minimum absolute atomic E-state index is 0.142. The lowest BCUT2D eigenvalue weighted by Gasteiger charge is -2.26. The first-order valence-corrected chi connectivity index (χ1v) is 12.6. The van der Waals surface area contributed by atoms with Crippen LogP contribution in [0.5, 0.6) is 5.75 Å². The molecule has 5 rings (SSSR count). The minimum Gasteiger partial charge on any atom is -0.488 e. The van der Waals surface area contributed by atoms with Crippen LogP contribution in [-0.4, -0.2) is 17.8 Å². The summed E-state index contributed by atoms with van der Waals surface area (Å²) in [6.45, 7) is 6.43. The Hall–Kier alpha value is -4.71. The summed E-state index contributed by atoms with van der Waals surface area (Å²) in [7, 11) is 0. The number of carbonyl (C=O) groups is 3. The minimum atomic E-state index is -0.773. The van der Waals surface area contributed by atoms with Gasteiger partial charge in [-0.1, -0.05) is 78.7 Å². The normalized spacial score (nSPS) is 14.8. The second-order valence-corrected chi connectivity index (χ2v) is 9.46. The molecule has 4 amide bonds. The van der Waals surface area contributed by atoms with Gasteiger partial charge in [-0.2, -0.15) is 0 Å². The molecule has 0 bridgehead atoms. The first kappa shape index (κ1) is 25.0. The number of amides is 4. The second-order valence-electron chi connectivity index (χ2n) is 9.46. The summed E-state index contributed by atoms with van der Waals surface area (Å²) in [5, 5.41) is 4.08. The van der Waals surface area contributed by atoms with E-state index in [0.29, 0.717) is 23.6 Å². The summed E-state index contributed by atoms with van der Waals surface area (Å²) in [5.41, 5.74) is 5.24. The van der Waals surface area contributed by atoms with Crippen molar-refractivity contribution in [1.82, 2.24) is 5.32 Å². The van der Waals surface area contributed by atoms with Crippen LogP contribution in [0, 0.1) is 13.8 Å². The number of aryl methyl sites for hydroxylation is 3. The lowest BCUT2D eigenvalue weighted by atomic mass is 9.99. The van der Waals surface area contributed by atoms with Crippen LogP contribution in [0.25, 0.3) is 16.8 Å². The Morgan fingerprint density at radius 2 is 1.55 bits per heavy atom. The van der Waals surface area contributed by atoms with E-state index in [4.69, 9.17) is 4.74 Å². The van der Waals surface area contributed by atoms with Crippen LogP contribution in [0.3, 0.4) is 0 Å². The van der Waals surface area contributed by atoms with E-state index < -0.39 is 17.8 Å². The Balaban J connectivity index is 1.56. The van der Waals surface area contributed by atoms with Gasteiger partial charge in [0.1, 0.15) is 17.9 Å². The smallest absolute Gasteiger partial charge is 0.335 e. The van der Waals surface area contributed by atoms with Gasteiger partial charge < -0.3 is 4.74 Å². The lowest BCUT2D eigenvalue weighted by Crippen LogP contribution is -2.54. The highest BCUT2D eigenvalue weighted by Crippen LogP contribution is 2.32. The molecule has 6 heteroatoms. The Morgan fingerprint density at radius 1 is 0.842 bits per heavy atom. The molecule has 190 valence electrons. The van der Waals surface area contributed by atoms with Crippen LogP contribution in [0.4, 0.5) is 10.5 Å². The van der Waals surface area contributed by atoms with Gasteiger partial charge in [0.15, 0.2) is 0 Å². The standard InChI is InChI=1S/C32H28N2O4/c1-4-22-9-12-25(13-10-22)34-31(36)28(30(35)33-32(34)37)18-27-26-8-6-5-7-24(26)11-14-29(27)38-19-23-16-20(2)15-21(3)17-23/h5-18H,4,19H2,1-3H3,(H,33,35,37)/b28-18+. The number of imide groups is 2. The molecule has 1 N–H and O–H groups in total. The number of nitrogens with zero attached hydrogens (tertiary/aromatic N) is 1. The zero-order valence-corrected chi connectivity index (χ0v) is 21.6. The van der Waals surface area contributed by atoms with Gasteiger partial charge in [0.05, 0.1) is 5.69 Å². The predicted molar refractivity (Wildman–Crippen MR) is 149 cm³/mol. The Morgan fingerprint density at radius 3 is 2.26 bits per heavy atom. The molecule has 1 fully saturated rings. The highest BCUT2D eigenvalue weighted by Gasteiger charge is 2.37. The number of fused-ring (bicyclic) bond motifs is 1. The van der Waals surface area contributed by atoms with Gasteiger partial charge in [0, 0.05) is 5.56 Å². The number of nitrogens with one attached hydrogen (secondary N) is 1. The molecule has 4 aromatic carbocycles. The van der Waals surface area contributed by atoms with Gasteiger partial charge in [-0.3, -0.25) is 14.9 Å². The van der Waals surface area contributed by atoms with E-state index in [1.54, 1.807) is 12.1 Å². The number of rotatable bonds is 6. The van der Waals surface area contributed by atoms with Gasteiger partial charge in [-0.15, -0.1) is 0 Å². The summed E-state index contributed by atoms with van der Waals surface area (Å²) < 4.78 is 6.24. The third-order valence-corrected chi connectivity index (χ3v) is 6.60. The molecular weight excluding hydrogens is 476 g/mol. The molecule has 0 unspecified atom stereocenters. The fourth-order valence-electron chi connectivity index (χ4n) is 4.78. The third kappa shape index (κ3) is 4.93. The molecule has 6 nitrogen and oxygen atoms in total. The summed E-state index contributed by atoms with van der Waals surface area (Å²) >= 11 is 0. The van der Waals surface area contributed by atoms with Crippen molar-refractivity contribution in [1.29, 1.82) is 0 Å². The van der Waals surface area contributed by atoms with E-state index in [-0.39, 0.29) is 5.57 Å². The number of benzene rings is 4. The van der Waals surface area contributed by atoms with Gasteiger partial charge in [0.25, 0.3) is 11.8 Å². The van der Waals surface area contributed by atoms with E-state index in [9.17, 15) is 14.4 Å². The zero-order chi connectivity index (χ0) is 26.8. The van der Waals surface area contributed by atoms with Gasteiger partial charge in [0.2, 0.25) is 0 Å². The molecule has 38 heavy (non-hydrogen) atoms. The monoisotopic (exact) mass is 504 g/mol. The van der Waals surface area contributed by atoms with Crippen LogP contribution in [-0.2, 0) is 22.6 Å². The van der Waals surface area contributed by atoms with Crippen LogP contribution in [0.15, 0.2) is 84.4 Å².